The number of ether oxygens (including phenoxy) is 2. The van der Waals surface area contributed by atoms with Crippen LogP contribution in [0.2, 0.25) is 0 Å². The van der Waals surface area contributed by atoms with Crippen LogP contribution in [-0.2, 0) is 24.4 Å². The number of nitrogens with zero attached hydrogens (tertiary/aromatic N) is 1. The highest BCUT2D eigenvalue weighted by atomic mass is 32.2. The van der Waals surface area contributed by atoms with E-state index < -0.39 is 22.2 Å². The molecule has 0 aromatic heterocycles. The van der Waals surface area contributed by atoms with Gasteiger partial charge in [0.1, 0.15) is 11.5 Å². The first-order valence-electron chi connectivity index (χ1n) is 10.1. The van der Waals surface area contributed by atoms with Crippen molar-refractivity contribution in [3.05, 3.63) is 66.2 Å². The maximum absolute atomic E-state index is 12.9. The fraction of sp³-hybridized carbons (Fsp3) is 0.318. The Morgan fingerprint density at radius 2 is 1.77 bits per heavy atom. The van der Waals surface area contributed by atoms with Crippen molar-refractivity contribution in [1.29, 1.82) is 0 Å². The molecule has 9 heteroatoms. The summed E-state index contributed by atoms with van der Waals surface area (Å²) in [5.41, 5.74) is 2.70. The number of sulfonamides is 1. The number of amides is 1. The van der Waals surface area contributed by atoms with Crippen molar-refractivity contribution in [3.63, 3.8) is 0 Å². The average molecular weight is 445 g/mol. The minimum Gasteiger partial charge on any atom is -0.457 e. The van der Waals surface area contributed by atoms with Crippen molar-refractivity contribution in [2.75, 3.05) is 19.7 Å². The third-order valence-electron chi connectivity index (χ3n) is 5.04. The second-order valence-electron chi connectivity index (χ2n) is 7.26. The molecule has 0 aliphatic carbocycles. The van der Waals surface area contributed by atoms with Crippen molar-refractivity contribution < 1.29 is 27.5 Å². The Balaban J connectivity index is 1.33. The number of carbonyl (C=O) groups is 1. The molecule has 4 rings (SSSR count). The van der Waals surface area contributed by atoms with E-state index in [9.17, 15) is 13.2 Å². The monoisotopic (exact) mass is 444 g/mol. The standard InChI is InChI=1S/C22H24N2O6S/c25-22(23-30-21-8-4-5-15-28-21)17-13-14-24(16-17)31(26,27)20-11-9-19(10-12-20)29-18-6-2-1-3-7-18/h1-3,6-7,9-13,21H,4-5,8,14-16H2,(H,23,25). The summed E-state index contributed by atoms with van der Waals surface area (Å²) in [7, 11) is -3.75. The van der Waals surface area contributed by atoms with Crippen LogP contribution in [0.4, 0.5) is 0 Å². The van der Waals surface area contributed by atoms with Crippen LogP contribution in [0, 0.1) is 0 Å². The molecule has 164 valence electrons. The van der Waals surface area contributed by atoms with Gasteiger partial charge in [0.2, 0.25) is 10.0 Å². The van der Waals surface area contributed by atoms with Crippen molar-refractivity contribution >= 4 is 15.9 Å². The van der Waals surface area contributed by atoms with E-state index in [2.05, 4.69) is 5.48 Å². The number of hydroxylamine groups is 1. The first-order valence-corrected chi connectivity index (χ1v) is 11.6. The number of benzene rings is 2. The fourth-order valence-electron chi connectivity index (χ4n) is 3.32. The molecular formula is C22H24N2O6S. The van der Waals surface area contributed by atoms with E-state index in [1.54, 1.807) is 18.2 Å². The summed E-state index contributed by atoms with van der Waals surface area (Å²) in [6.45, 7) is 0.697. The third kappa shape index (κ3) is 5.31. The number of carbonyl (C=O) groups excluding carboxylic acids is 1. The molecule has 1 fully saturated rings. The van der Waals surface area contributed by atoms with Gasteiger partial charge in [0, 0.05) is 31.7 Å². The summed E-state index contributed by atoms with van der Waals surface area (Å²) in [6, 6.07) is 15.4. The third-order valence-corrected chi connectivity index (χ3v) is 6.87. The minimum absolute atomic E-state index is 0.0225. The molecule has 0 radical (unpaired) electrons. The largest absolute Gasteiger partial charge is 0.457 e. The fourth-order valence-corrected chi connectivity index (χ4v) is 4.68. The SMILES string of the molecule is O=C(NOC1CCCCO1)C1=CCN(S(=O)(=O)c2ccc(Oc3ccccc3)cc2)C1. The summed E-state index contributed by atoms with van der Waals surface area (Å²) in [4.78, 5) is 17.7. The van der Waals surface area contributed by atoms with E-state index in [4.69, 9.17) is 14.3 Å². The van der Waals surface area contributed by atoms with Gasteiger partial charge in [0.25, 0.3) is 5.91 Å². The van der Waals surface area contributed by atoms with Crippen LogP contribution in [0.15, 0.2) is 71.1 Å². The maximum Gasteiger partial charge on any atom is 0.271 e. The minimum atomic E-state index is -3.75. The number of nitrogens with one attached hydrogen (secondary N) is 1. The van der Waals surface area contributed by atoms with Crippen LogP contribution in [0.1, 0.15) is 19.3 Å². The van der Waals surface area contributed by atoms with Gasteiger partial charge in [-0.25, -0.2) is 18.7 Å². The Morgan fingerprint density at radius 1 is 1.03 bits per heavy atom. The smallest absolute Gasteiger partial charge is 0.271 e. The van der Waals surface area contributed by atoms with Gasteiger partial charge < -0.3 is 9.47 Å². The van der Waals surface area contributed by atoms with Crippen molar-refractivity contribution in [2.24, 2.45) is 0 Å². The van der Waals surface area contributed by atoms with Crippen LogP contribution in [0.25, 0.3) is 0 Å². The van der Waals surface area contributed by atoms with Gasteiger partial charge in [-0.1, -0.05) is 24.3 Å². The average Bonchev–Trinajstić information content (AvgIpc) is 3.31. The first-order chi connectivity index (χ1) is 15.0. The van der Waals surface area contributed by atoms with Crippen LogP contribution in [-0.4, -0.2) is 44.6 Å². The highest BCUT2D eigenvalue weighted by Crippen LogP contribution is 2.26. The van der Waals surface area contributed by atoms with Crippen molar-refractivity contribution in [1.82, 2.24) is 9.79 Å². The molecule has 1 atom stereocenters. The van der Waals surface area contributed by atoms with Gasteiger partial charge in [0.05, 0.1) is 4.90 Å². The number of hydrogen-bond donors (Lipinski definition) is 1. The zero-order valence-electron chi connectivity index (χ0n) is 16.9. The Morgan fingerprint density at radius 3 is 2.48 bits per heavy atom. The molecular weight excluding hydrogens is 420 g/mol. The molecule has 2 heterocycles. The Hall–Kier alpha value is -2.72. The van der Waals surface area contributed by atoms with Crippen LogP contribution in [0.5, 0.6) is 11.5 Å². The molecule has 8 nitrogen and oxygen atoms in total. The predicted octanol–water partition coefficient (Wildman–Crippen LogP) is 2.98. The Labute approximate surface area is 181 Å². The van der Waals surface area contributed by atoms with E-state index in [-0.39, 0.29) is 18.0 Å². The summed E-state index contributed by atoms with van der Waals surface area (Å²) < 4.78 is 38.2. The molecule has 0 bridgehead atoms. The topological polar surface area (TPSA) is 94.2 Å². The Kier molecular flexibility index (Phi) is 6.67. The zero-order valence-corrected chi connectivity index (χ0v) is 17.7. The van der Waals surface area contributed by atoms with Gasteiger partial charge in [-0.15, -0.1) is 0 Å². The van der Waals surface area contributed by atoms with Gasteiger partial charge in [-0.05, 0) is 49.2 Å². The van der Waals surface area contributed by atoms with E-state index >= 15 is 0 Å². The maximum atomic E-state index is 12.9. The number of para-hydroxylation sites is 1. The van der Waals surface area contributed by atoms with Crippen molar-refractivity contribution in [2.45, 2.75) is 30.4 Å². The van der Waals surface area contributed by atoms with Gasteiger partial charge in [-0.3, -0.25) is 4.79 Å². The van der Waals surface area contributed by atoms with E-state index in [1.807, 2.05) is 30.3 Å². The molecule has 2 aromatic carbocycles. The summed E-state index contributed by atoms with van der Waals surface area (Å²) in [5.74, 6) is 0.740. The lowest BCUT2D eigenvalue weighted by Gasteiger charge is -2.22. The molecule has 0 spiro atoms. The molecule has 1 N–H and O–H groups in total. The van der Waals surface area contributed by atoms with Gasteiger partial charge in [-0.2, -0.15) is 4.31 Å². The van der Waals surface area contributed by atoms with Crippen LogP contribution < -0.4 is 10.2 Å². The first kappa shape index (κ1) is 21.5. The van der Waals surface area contributed by atoms with E-state index in [0.717, 1.165) is 12.8 Å². The molecule has 1 amide bonds. The summed E-state index contributed by atoms with van der Waals surface area (Å²) in [6.07, 6.45) is 3.79. The van der Waals surface area contributed by atoms with Crippen molar-refractivity contribution in [3.8, 4) is 11.5 Å². The summed E-state index contributed by atoms with van der Waals surface area (Å²) in [5, 5.41) is 0. The molecule has 31 heavy (non-hydrogen) atoms. The second-order valence-corrected chi connectivity index (χ2v) is 9.20. The molecule has 1 saturated heterocycles. The zero-order chi connectivity index (χ0) is 21.7. The lowest BCUT2D eigenvalue weighted by molar-refractivity contribution is -0.198. The normalized spacial score (nSPS) is 19.6. The van der Waals surface area contributed by atoms with Gasteiger partial charge in [0.15, 0.2) is 6.29 Å². The molecule has 2 aliphatic heterocycles. The lowest BCUT2D eigenvalue weighted by atomic mass is 10.2. The predicted molar refractivity (Wildman–Crippen MR) is 113 cm³/mol. The number of rotatable bonds is 7. The lowest BCUT2D eigenvalue weighted by Crippen LogP contribution is -2.36. The molecule has 0 saturated carbocycles. The van der Waals surface area contributed by atoms with Gasteiger partial charge >= 0.3 is 0 Å². The summed E-state index contributed by atoms with van der Waals surface area (Å²) >= 11 is 0. The molecule has 1 unspecified atom stereocenters. The highest BCUT2D eigenvalue weighted by Gasteiger charge is 2.31. The Bertz CT molecular complexity index is 1030. The quantitative estimate of drug-likeness (QED) is 0.660. The van der Waals surface area contributed by atoms with E-state index in [0.29, 0.717) is 30.1 Å². The highest BCUT2D eigenvalue weighted by molar-refractivity contribution is 7.89. The molecule has 2 aromatic rings. The second kappa shape index (κ2) is 9.61. The van der Waals surface area contributed by atoms with Crippen LogP contribution in [0.3, 0.4) is 0 Å². The van der Waals surface area contributed by atoms with E-state index in [1.165, 1.54) is 16.4 Å². The van der Waals surface area contributed by atoms with Crippen LogP contribution >= 0.6 is 0 Å². The molecule has 2 aliphatic rings. The number of hydrogen-bond acceptors (Lipinski definition) is 6.